The van der Waals surface area contributed by atoms with E-state index in [4.69, 9.17) is 0 Å². The Kier molecular flexibility index (Phi) is 12.1. The lowest BCUT2D eigenvalue weighted by Gasteiger charge is -2.24. The molecule has 0 aliphatic carbocycles. The van der Waals surface area contributed by atoms with E-state index in [-0.39, 0.29) is 30.2 Å². The molecule has 2 aromatic rings. The molecule has 11 heteroatoms. The van der Waals surface area contributed by atoms with Crippen LogP contribution in [-0.2, 0) is 30.8 Å². The van der Waals surface area contributed by atoms with E-state index < -0.39 is 45.1 Å². The summed E-state index contributed by atoms with van der Waals surface area (Å²) in [6.45, 7) is 3.90. The van der Waals surface area contributed by atoms with Crippen LogP contribution in [0.4, 0.5) is 0 Å². The number of carboxylic acids is 1. The molecule has 2 rings (SSSR count). The van der Waals surface area contributed by atoms with Crippen molar-refractivity contribution >= 4 is 40.4 Å². The Morgan fingerprint density at radius 1 is 0.892 bits per heavy atom. The third-order valence-corrected chi connectivity index (χ3v) is 7.51. The van der Waals surface area contributed by atoms with Gasteiger partial charge >= 0.3 is 5.97 Å². The van der Waals surface area contributed by atoms with Crippen molar-refractivity contribution in [3.05, 3.63) is 66.2 Å². The smallest absolute Gasteiger partial charge is 0.326 e. The van der Waals surface area contributed by atoms with E-state index in [0.29, 0.717) is 12.8 Å². The molecular formula is C26H35N3O6S2. The molecule has 0 aromatic heterocycles. The maximum atomic E-state index is 13.0. The normalized spacial score (nSPS) is 13.9. The van der Waals surface area contributed by atoms with Crippen LogP contribution in [0.1, 0.15) is 38.7 Å². The molecule has 0 heterocycles. The fraction of sp³-hybridized carbons (Fsp3) is 0.423. The van der Waals surface area contributed by atoms with Gasteiger partial charge in [-0.25, -0.2) is 17.9 Å². The highest BCUT2D eigenvalue weighted by molar-refractivity contribution is 7.89. The second-order valence-electron chi connectivity index (χ2n) is 9.15. The number of rotatable bonds is 15. The van der Waals surface area contributed by atoms with E-state index in [9.17, 15) is 27.9 Å². The number of sulfonamides is 1. The summed E-state index contributed by atoms with van der Waals surface area (Å²) in [6.07, 6.45) is 1.05. The van der Waals surface area contributed by atoms with Gasteiger partial charge in [-0.05, 0) is 42.9 Å². The molecular weight excluding hydrogens is 514 g/mol. The summed E-state index contributed by atoms with van der Waals surface area (Å²) in [6, 6.07) is 14.8. The zero-order chi connectivity index (χ0) is 27.4. The van der Waals surface area contributed by atoms with Gasteiger partial charge in [0.05, 0.1) is 10.1 Å². The van der Waals surface area contributed by atoms with Gasteiger partial charge in [0.25, 0.3) is 0 Å². The van der Waals surface area contributed by atoms with Crippen molar-refractivity contribution in [2.24, 2.45) is 5.92 Å². The average Bonchev–Trinajstić information content (AvgIpc) is 2.86. The molecule has 9 nitrogen and oxygen atoms in total. The number of aliphatic carboxylic acids is 1. The number of carbonyl (C=O) groups excluding carboxylic acids is 2. The molecule has 0 fully saturated rings. The molecule has 3 atom stereocenters. The maximum Gasteiger partial charge on any atom is 0.326 e. The number of nitrogens with one attached hydrogen (secondary N) is 3. The van der Waals surface area contributed by atoms with E-state index in [2.05, 4.69) is 28.0 Å². The van der Waals surface area contributed by atoms with E-state index in [0.717, 1.165) is 5.56 Å². The predicted octanol–water partition coefficient (Wildman–Crippen LogP) is 2.39. The van der Waals surface area contributed by atoms with Gasteiger partial charge in [0.1, 0.15) is 12.1 Å². The van der Waals surface area contributed by atoms with Crippen LogP contribution < -0.4 is 15.4 Å². The van der Waals surface area contributed by atoms with Crippen LogP contribution in [0, 0.1) is 5.92 Å². The molecule has 0 spiro atoms. The highest BCUT2D eigenvalue weighted by Crippen LogP contribution is 2.12. The van der Waals surface area contributed by atoms with Crippen molar-refractivity contribution < 1.29 is 27.9 Å². The van der Waals surface area contributed by atoms with Crippen LogP contribution in [0.5, 0.6) is 0 Å². The molecule has 2 aromatic carbocycles. The first-order valence-electron chi connectivity index (χ1n) is 12.1. The quantitative estimate of drug-likeness (QED) is 0.171. The van der Waals surface area contributed by atoms with Crippen LogP contribution in [0.3, 0.4) is 0 Å². The first kappa shape index (κ1) is 30.3. The van der Waals surface area contributed by atoms with Gasteiger partial charge in [0.15, 0.2) is 0 Å². The highest BCUT2D eigenvalue weighted by atomic mass is 32.2. The molecule has 202 valence electrons. The first-order chi connectivity index (χ1) is 17.5. The monoisotopic (exact) mass is 549 g/mol. The van der Waals surface area contributed by atoms with Crippen LogP contribution in [0.15, 0.2) is 65.6 Å². The van der Waals surface area contributed by atoms with E-state index in [1.165, 1.54) is 12.1 Å². The van der Waals surface area contributed by atoms with Crippen LogP contribution in [0.2, 0.25) is 0 Å². The molecule has 2 unspecified atom stereocenters. The zero-order valence-electron chi connectivity index (χ0n) is 21.0. The molecule has 0 saturated carbocycles. The van der Waals surface area contributed by atoms with Crippen molar-refractivity contribution in [3.8, 4) is 0 Å². The van der Waals surface area contributed by atoms with Crippen molar-refractivity contribution in [1.29, 1.82) is 0 Å². The minimum absolute atomic E-state index is 0.0548. The summed E-state index contributed by atoms with van der Waals surface area (Å²) in [5.41, 5.74) is 0.762. The number of thiol groups is 1. The summed E-state index contributed by atoms with van der Waals surface area (Å²) in [4.78, 5) is 37.6. The molecule has 4 N–H and O–H groups in total. The standard InChI is InChI=1S/C26H35N3O6S2/c1-18(2)16-21(24(30)29-22(26(32)33)17-19-10-5-3-6-11-19)28-25(31)23(36)14-9-15-27-37(34,35)20-12-7-4-8-13-20/h3-8,10-13,18,21-23,27,36H,9,14-17H2,1-2H3,(H,28,31)(H,29,30)(H,32,33)/t21?,22-,23?/m0/s1. The number of benzene rings is 2. The van der Waals surface area contributed by atoms with Crippen molar-refractivity contribution in [2.45, 2.75) is 61.8 Å². The third kappa shape index (κ3) is 10.6. The Morgan fingerprint density at radius 3 is 2.03 bits per heavy atom. The number of carboxylic acid groups (broad SMARTS) is 1. The van der Waals surface area contributed by atoms with Crippen molar-refractivity contribution in [2.75, 3.05) is 6.54 Å². The lowest BCUT2D eigenvalue weighted by atomic mass is 10.0. The molecule has 0 saturated heterocycles. The minimum Gasteiger partial charge on any atom is -0.480 e. The van der Waals surface area contributed by atoms with E-state index in [1.807, 2.05) is 19.9 Å². The summed E-state index contributed by atoms with van der Waals surface area (Å²) in [5.74, 6) is -2.18. The van der Waals surface area contributed by atoms with E-state index in [1.54, 1.807) is 42.5 Å². The molecule has 0 bridgehead atoms. The number of carbonyl (C=O) groups is 3. The lowest BCUT2D eigenvalue weighted by Crippen LogP contribution is -2.53. The van der Waals surface area contributed by atoms with Gasteiger partial charge in [0, 0.05) is 13.0 Å². The SMILES string of the molecule is CC(C)CC(NC(=O)C(S)CCCNS(=O)(=O)c1ccccc1)C(=O)N[C@@H](Cc1ccccc1)C(=O)O. The van der Waals surface area contributed by atoms with Gasteiger partial charge < -0.3 is 15.7 Å². The fourth-order valence-corrected chi connectivity index (χ4v) is 4.96. The van der Waals surface area contributed by atoms with Crippen LogP contribution >= 0.6 is 12.6 Å². The minimum atomic E-state index is -3.64. The number of hydrogen-bond acceptors (Lipinski definition) is 6. The van der Waals surface area contributed by atoms with Crippen molar-refractivity contribution in [3.63, 3.8) is 0 Å². The average molecular weight is 550 g/mol. The first-order valence-corrected chi connectivity index (χ1v) is 14.1. The van der Waals surface area contributed by atoms with Crippen LogP contribution in [-0.4, -0.2) is 55.2 Å². The molecule has 0 aliphatic heterocycles. The Balaban J connectivity index is 1.91. The van der Waals surface area contributed by atoms with Gasteiger partial charge in [-0.1, -0.05) is 62.4 Å². The summed E-state index contributed by atoms with van der Waals surface area (Å²) in [5, 5.41) is 14.1. The second-order valence-corrected chi connectivity index (χ2v) is 11.5. The summed E-state index contributed by atoms with van der Waals surface area (Å²) < 4.78 is 27.1. The van der Waals surface area contributed by atoms with Crippen LogP contribution in [0.25, 0.3) is 0 Å². The fourth-order valence-electron chi connectivity index (χ4n) is 3.61. The Hall–Kier alpha value is -2.89. The second kappa shape index (κ2) is 14.7. The van der Waals surface area contributed by atoms with E-state index >= 15 is 0 Å². The van der Waals surface area contributed by atoms with Gasteiger partial charge in [-0.2, -0.15) is 12.6 Å². The summed E-state index contributed by atoms with van der Waals surface area (Å²) in [7, 11) is -3.64. The molecule has 37 heavy (non-hydrogen) atoms. The topological polar surface area (TPSA) is 142 Å². The molecule has 2 amide bonds. The third-order valence-electron chi connectivity index (χ3n) is 5.54. The molecule has 0 aliphatic rings. The number of hydrogen-bond donors (Lipinski definition) is 5. The number of amides is 2. The Morgan fingerprint density at radius 2 is 1.46 bits per heavy atom. The summed E-state index contributed by atoms with van der Waals surface area (Å²) >= 11 is 4.33. The van der Waals surface area contributed by atoms with Gasteiger partial charge in [-0.15, -0.1) is 0 Å². The predicted molar refractivity (Wildman–Crippen MR) is 145 cm³/mol. The zero-order valence-corrected chi connectivity index (χ0v) is 22.7. The maximum absolute atomic E-state index is 13.0. The van der Waals surface area contributed by atoms with Gasteiger partial charge in [0.2, 0.25) is 21.8 Å². The Bertz CT molecular complexity index is 1130. The largest absolute Gasteiger partial charge is 0.480 e. The van der Waals surface area contributed by atoms with Gasteiger partial charge in [-0.3, -0.25) is 9.59 Å². The lowest BCUT2D eigenvalue weighted by molar-refractivity contribution is -0.142. The Labute approximate surface area is 223 Å². The highest BCUT2D eigenvalue weighted by Gasteiger charge is 2.28. The molecule has 0 radical (unpaired) electrons. The van der Waals surface area contributed by atoms with Crippen molar-refractivity contribution in [1.82, 2.24) is 15.4 Å².